The number of hydrogen-bond donors (Lipinski definition) is 2. The van der Waals surface area contributed by atoms with Crippen molar-refractivity contribution in [2.45, 2.75) is 32.6 Å². The van der Waals surface area contributed by atoms with E-state index in [0.717, 1.165) is 19.4 Å². The summed E-state index contributed by atoms with van der Waals surface area (Å²) in [6.07, 6.45) is 5.61. The van der Waals surface area contributed by atoms with Gasteiger partial charge >= 0.3 is 0 Å². The molecule has 1 rings (SSSR count). The van der Waals surface area contributed by atoms with Crippen LogP contribution in [0.15, 0.2) is 0 Å². The highest BCUT2D eigenvalue weighted by Crippen LogP contribution is 2.22. The Bertz CT molecular complexity index is 105. The van der Waals surface area contributed by atoms with E-state index in [1.165, 1.54) is 25.7 Å². The largest absolute Gasteiger partial charge is 0.481 e. The van der Waals surface area contributed by atoms with Crippen molar-refractivity contribution in [2.24, 2.45) is 11.7 Å². The molecule has 3 nitrogen and oxygen atoms in total. The summed E-state index contributed by atoms with van der Waals surface area (Å²) >= 11 is 0. The summed E-state index contributed by atoms with van der Waals surface area (Å²) in [4.78, 5) is 9.00. The predicted octanol–water partition coefficient (Wildman–Crippen LogP) is 1.23. The van der Waals surface area contributed by atoms with Crippen LogP contribution in [-0.4, -0.2) is 17.6 Å². The van der Waals surface area contributed by atoms with Crippen LogP contribution < -0.4 is 5.73 Å². The number of hydrogen-bond acceptors (Lipinski definition) is 2. The Balaban J connectivity index is 0.000000218. The highest BCUT2D eigenvalue weighted by molar-refractivity contribution is 5.62. The summed E-state index contributed by atoms with van der Waals surface area (Å²) in [6, 6.07) is 0. The van der Waals surface area contributed by atoms with Gasteiger partial charge in [-0.05, 0) is 25.3 Å². The lowest BCUT2D eigenvalue weighted by atomic mass is 10.1. The summed E-state index contributed by atoms with van der Waals surface area (Å²) in [5.41, 5.74) is 5.43. The topological polar surface area (TPSA) is 63.3 Å². The Morgan fingerprint density at radius 3 is 2.09 bits per heavy atom. The van der Waals surface area contributed by atoms with Gasteiger partial charge in [-0.25, -0.2) is 0 Å². The van der Waals surface area contributed by atoms with Crippen LogP contribution in [0.5, 0.6) is 0 Å². The van der Waals surface area contributed by atoms with Gasteiger partial charge in [0.15, 0.2) is 0 Å². The Morgan fingerprint density at radius 2 is 1.91 bits per heavy atom. The molecular weight excluding hydrogens is 142 g/mol. The molecule has 0 saturated heterocycles. The molecule has 0 aromatic carbocycles. The maximum atomic E-state index is 9.00. The van der Waals surface area contributed by atoms with E-state index in [1.54, 1.807) is 0 Å². The molecule has 3 N–H and O–H groups in total. The fourth-order valence-electron chi connectivity index (χ4n) is 1.25. The standard InChI is InChI=1S/C6H13N.C2H4O2/c7-5-6-3-1-2-4-6;1-2(3)4/h6H,1-5,7H2;1H3,(H,3,4). The highest BCUT2D eigenvalue weighted by atomic mass is 16.4. The van der Waals surface area contributed by atoms with Gasteiger partial charge in [0.25, 0.3) is 5.97 Å². The number of carbonyl (C=O) groups is 1. The van der Waals surface area contributed by atoms with Crippen molar-refractivity contribution >= 4 is 5.97 Å². The Hall–Kier alpha value is -0.570. The number of rotatable bonds is 1. The Kier molecular flexibility index (Phi) is 5.84. The van der Waals surface area contributed by atoms with Gasteiger partial charge in [-0.15, -0.1) is 0 Å². The second-order valence-corrected chi connectivity index (χ2v) is 2.91. The number of carboxylic acids is 1. The molecule has 0 unspecified atom stereocenters. The van der Waals surface area contributed by atoms with Crippen molar-refractivity contribution in [3.05, 3.63) is 0 Å². The Labute approximate surface area is 67.6 Å². The zero-order chi connectivity index (χ0) is 8.69. The first-order valence-corrected chi connectivity index (χ1v) is 4.06. The summed E-state index contributed by atoms with van der Waals surface area (Å²) < 4.78 is 0. The minimum Gasteiger partial charge on any atom is -0.481 e. The van der Waals surface area contributed by atoms with Crippen LogP contribution in [-0.2, 0) is 4.79 Å². The van der Waals surface area contributed by atoms with E-state index in [-0.39, 0.29) is 0 Å². The van der Waals surface area contributed by atoms with Gasteiger partial charge in [0.05, 0.1) is 0 Å². The van der Waals surface area contributed by atoms with Crippen LogP contribution >= 0.6 is 0 Å². The quantitative estimate of drug-likeness (QED) is 0.604. The normalized spacial score (nSPS) is 17.3. The van der Waals surface area contributed by atoms with Crippen molar-refractivity contribution in [2.75, 3.05) is 6.54 Å². The SMILES string of the molecule is CC(=O)O.NCC1CCCC1. The van der Waals surface area contributed by atoms with Crippen molar-refractivity contribution < 1.29 is 9.90 Å². The molecule has 0 bridgehead atoms. The van der Waals surface area contributed by atoms with E-state index in [1.807, 2.05) is 0 Å². The van der Waals surface area contributed by atoms with E-state index in [0.29, 0.717) is 0 Å². The molecule has 11 heavy (non-hydrogen) atoms. The van der Waals surface area contributed by atoms with Gasteiger partial charge in [-0.2, -0.15) is 0 Å². The molecule has 0 aromatic heterocycles. The second-order valence-electron chi connectivity index (χ2n) is 2.91. The van der Waals surface area contributed by atoms with Crippen LogP contribution in [0, 0.1) is 5.92 Å². The van der Waals surface area contributed by atoms with Gasteiger partial charge in [0.1, 0.15) is 0 Å². The lowest BCUT2D eigenvalue weighted by Crippen LogP contribution is -2.09. The molecule has 0 heterocycles. The van der Waals surface area contributed by atoms with Gasteiger partial charge in [-0.1, -0.05) is 12.8 Å². The molecule has 0 amide bonds. The van der Waals surface area contributed by atoms with Crippen LogP contribution in [0.4, 0.5) is 0 Å². The van der Waals surface area contributed by atoms with Crippen LogP contribution in [0.3, 0.4) is 0 Å². The molecule has 66 valence electrons. The van der Waals surface area contributed by atoms with Gasteiger partial charge in [0.2, 0.25) is 0 Å². The lowest BCUT2D eigenvalue weighted by Gasteiger charge is -1.99. The van der Waals surface area contributed by atoms with Crippen LogP contribution in [0.2, 0.25) is 0 Å². The molecule has 0 aromatic rings. The second kappa shape index (κ2) is 6.16. The first-order chi connectivity index (χ1) is 5.16. The zero-order valence-electron chi connectivity index (χ0n) is 7.05. The average molecular weight is 159 g/mol. The molecule has 0 aliphatic heterocycles. The van der Waals surface area contributed by atoms with Crippen molar-refractivity contribution in [1.82, 2.24) is 0 Å². The van der Waals surface area contributed by atoms with Crippen LogP contribution in [0.1, 0.15) is 32.6 Å². The van der Waals surface area contributed by atoms with Gasteiger partial charge in [-0.3, -0.25) is 4.79 Å². The smallest absolute Gasteiger partial charge is 0.300 e. The third-order valence-corrected chi connectivity index (χ3v) is 1.81. The third kappa shape index (κ3) is 7.33. The fourth-order valence-corrected chi connectivity index (χ4v) is 1.25. The zero-order valence-corrected chi connectivity index (χ0v) is 7.05. The van der Waals surface area contributed by atoms with E-state index >= 15 is 0 Å². The maximum absolute atomic E-state index is 9.00. The molecule has 3 heteroatoms. The summed E-state index contributed by atoms with van der Waals surface area (Å²) in [5, 5.41) is 7.42. The lowest BCUT2D eigenvalue weighted by molar-refractivity contribution is -0.134. The fraction of sp³-hybridized carbons (Fsp3) is 0.875. The van der Waals surface area contributed by atoms with Gasteiger partial charge in [0, 0.05) is 6.92 Å². The summed E-state index contributed by atoms with van der Waals surface area (Å²) in [7, 11) is 0. The summed E-state index contributed by atoms with van der Waals surface area (Å²) in [6.45, 7) is 2.00. The Morgan fingerprint density at radius 1 is 1.55 bits per heavy atom. The van der Waals surface area contributed by atoms with Crippen molar-refractivity contribution in [1.29, 1.82) is 0 Å². The molecule has 1 aliphatic rings. The number of carboxylic acid groups (broad SMARTS) is 1. The minimum atomic E-state index is -0.833. The molecule has 1 saturated carbocycles. The molecule has 1 fully saturated rings. The molecule has 0 radical (unpaired) electrons. The number of nitrogens with two attached hydrogens (primary N) is 1. The molecule has 1 aliphatic carbocycles. The highest BCUT2D eigenvalue weighted by Gasteiger charge is 2.11. The monoisotopic (exact) mass is 159 g/mol. The maximum Gasteiger partial charge on any atom is 0.300 e. The average Bonchev–Trinajstić information content (AvgIpc) is 2.36. The first-order valence-electron chi connectivity index (χ1n) is 4.06. The van der Waals surface area contributed by atoms with E-state index in [9.17, 15) is 0 Å². The van der Waals surface area contributed by atoms with E-state index in [2.05, 4.69) is 0 Å². The number of aliphatic carboxylic acids is 1. The van der Waals surface area contributed by atoms with Crippen molar-refractivity contribution in [3.63, 3.8) is 0 Å². The summed E-state index contributed by atoms with van der Waals surface area (Å²) in [5.74, 6) is 0.0417. The minimum absolute atomic E-state index is 0.833. The first kappa shape index (κ1) is 10.4. The van der Waals surface area contributed by atoms with Gasteiger partial charge < -0.3 is 10.8 Å². The predicted molar refractivity (Wildman–Crippen MR) is 44.3 cm³/mol. The van der Waals surface area contributed by atoms with E-state index < -0.39 is 5.97 Å². The van der Waals surface area contributed by atoms with Crippen molar-refractivity contribution in [3.8, 4) is 0 Å². The van der Waals surface area contributed by atoms with Crippen LogP contribution in [0.25, 0.3) is 0 Å². The third-order valence-electron chi connectivity index (χ3n) is 1.81. The van der Waals surface area contributed by atoms with E-state index in [4.69, 9.17) is 15.6 Å². The molecular formula is C8H17NO2. The molecule has 0 spiro atoms. The molecule has 0 atom stereocenters.